The summed E-state index contributed by atoms with van der Waals surface area (Å²) in [6.07, 6.45) is 5.03. The molecule has 31 heavy (non-hydrogen) atoms. The Morgan fingerprint density at radius 1 is 1.16 bits per heavy atom. The smallest absolute Gasteiger partial charge is 0.251 e. The van der Waals surface area contributed by atoms with Gasteiger partial charge < -0.3 is 21.3 Å². The van der Waals surface area contributed by atoms with Gasteiger partial charge in [-0.25, -0.2) is 4.98 Å². The number of aromatic amines is 1. The molecule has 1 aliphatic heterocycles. The molecule has 0 unspecified atom stereocenters. The van der Waals surface area contributed by atoms with Gasteiger partial charge in [0.1, 0.15) is 5.82 Å². The van der Waals surface area contributed by atoms with Gasteiger partial charge in [-0.1, -0.05) is 6.07 Å². The minimum absolute atomic E-state index is 0.0813. The van der Waals surface area contributed by atoms with Crippen molar-refractivity contribution in [1.29, 1.82) is 0 Å². The number of hydrogen-bond donors (Lipinski definition) is 5. The second-order valence-corrected chi connectivity index (χ2v) is 8.72. The zero-order valence-electron chi connectivity index (χ0n) is 16.8. The molecule has 1 amide bonds. The minimum atomic E-state index is -0.0813. The van der Waals surface area contributed by atoms with Crippen molar-refractivity contribution in [3.8, 4) is 0 Å². The van der Waals surface area contributed by atoms with Crippen LogP contribution in [0.5, 0.6) is 0 Å². The van der Waals surface area contributed by atoms with Crippen molar-refractivity contribution in [1.82, 2.24) is 30.8 Å². The summed E-state index contributed by atoms with van der Waals surface area (Å²) < 4.78 is 0.735. The average molecular weight is 483 g/mol. The fourth-order valence-corrected chi connectivity index (χ4v) is 3.84. The molecule has 3 heterocycles. The number of halogens is 1. The second kappa shape index (κ2) is 8.64. The number of carbonyl (C=O) groups is 1. The first-order valence-corrected chi connectivity index (χ1v) is 11.2. The molecular formula is C21H23BrN8O. The summed E-state index contributed by atoms with van der Waals surface area (Å²) in [6.45, 7) is 1.74. The Labute approximate surface area is 188 Å². The first-order chi connectivity index (χ1) is 15.1. The van der Waals surface area contributed by atoms with E-state index in [2.05, 4.69) is 57.4 Å². The zero-order chi connectivity index (χ0) is 21.2. The number of aromatic nitrogens is 4. The van der Waals surface area contributed by atoms with Crippen molar-refractivity contribution in [2.75, 3.05) is 23.7 Å². The van der Waals surface area contributed by atoms with E-state index in [0.717, 1.165) is 41.2 Å². The van der Waals surface area contributed by atoms with Crippen molar-refractivity contribution < 1.29 is 4.79 Å². The van der Waals surface area contributed by atoms with Gasteiger partial charge >= 0.3 is 0 Å². The number of rotatable bonds is 7. The maximum absolute atomic E-state index is 12.5. The van der Waals surface area contributed by atoms with Gasteiger partial charge in [-0.2, -0.15) is 10.1 Å². The number of anilines is 4. The Morgan fingerprint density at radius 3 is 2.87 bits per heavy atom. The van der Waals surface area contributed by atoms with Crippen LogP contribution in [0, 0.1) is 0 Å². The molecule has 1 saturated carbocycles. The maximum atomic E-state index is 12.5. The quantitative estimate of drug-likeness (QED) is 0.349. The highest BCUT2D eigenvalue weighted by atomic mass is 79.9. The number of benzene rings is 1. The average Bonchev–Trinajstić information content (AvgIpc) is 3.29. The van der Waals surface area contributed by atoms with E-state index in [1.807, 2.05) is 18.2 Å². The first kappa shape index (κ1) is 20.0. The molecule has 5 rings (SSSR count). The number of nitrogens with zero attached hydrogens (tertiary/aromatic N) is 3. The van der Waals surface area contributed by atoms with Gasteiger partial charge in [0, 0.05) is 42.0 Å². The van der Waals surface area contributed by atoms with Gasteiger partial charge in [0.15, 0.2) is 5.82 Å². The van der Waals surface area contributed by atoms with Gasteiger partial charge in [0.05, 0.1) is 10.2 Å². The third-order valence-electron chi connectivity index (χ3n) is 5.37. The van der Waals surface area contributed by atoms with Crippen molar-refractivity contribution in [3.05, 3.63) is 52.3 Å². The van der Waals surface area contributed by atoms with Crippen LogP contribution in [0.25, 0.3) is 0 Å². The summed E-state index contributed by atoms with van der Waals surface area (Å²) in [5.41, 5.74) is 2.41. The topological polar surface area (TPSA) is 120 Å². The molecular weight excluding hydrogens is 460 g/mol. The molecule has 10 heteroatoms. The summed E-state index contributed by atoms with van der Waals surface area (Å²) in [5.74, 6) is 2.32. The normalized spacial score (nSPS) is 18.0. The van der Waals surface area contributed by atoms with Crippen molar-refractivity contribution in [2.45, 2.75) is 31.2 Å². The van der Waals surface area contributed by atoms with Crippen LogP contribution in [0.15, 0.2) is 41.0 Å². The summed E-state index contributed by atoms with van der Waals surface area (Å²) in [4.78, 5) is 21.4. The third kappa shape index (κ3) is 4.86. The van der Waals surface area contributed by atoms with Crippen LogP contribution >= 0.6 is 15.9 Å². The highest BCUT2D eigenvalue weighted by Crippen LogP contribution is 2.39. The molecule has 1 atom stereocenters. The van der Waals surface area contributed by atoms with E-state index < -0.39 is 0 Å². The summed E-state index contributed by atoms with van der Waals surface area (Å²) in [6, 6.07) is 9.51. The van der Waals surface area contributed by atoms with E-state index in [1.54, 1.807) is 18.3 Å². The lowest BCUT2D eigenvalue weighted by Crippen LogP contribution is -2.36. The van der Waals surface area contributed by atoms with Gasteiger partial charge in [-0.3, -0.25) is 9.89 Å². The molecule has 1 aromatic carbocycles. The number of nitrogens with one attached hydrogen (secondary N) is 5. The van der Waals surface area contributed by atoms with Crippen LogP contribution in [-0.2, 0) is 0 Å². The number of H-pyrrole nitrogens is 1. The Balaban J connectivity index is 1.28. The molecule has 1 saturated heterocycles. The summed E-state index contributed by atoms with van der Waals surface area (Å²) in [7, 11) is 0. The fraction of sp³-hybridized carbons (Fsp3) is 0.333. The van der Waals surface area contributed by atoms with E-state index in [4.69, 9.17) is 0 Å². The van der Waals surface area contributed by atoms with Crippen LogP contribution in [0.2, 0.25) is 0 Å². The van der Waals surface area contributed by atoms with Gasteiger partial charge in [-0.05, 0) is 59.9 Å². The molecule has 0 radical (unpaired) electrons. The molecule has 5 N–H and O–H groups in total. The van der Waals surface area contributed by atoms with E-state index in [-0.39, 0.29) is 11.9 Å². The summed E-state index contributed by atoms with van der Waals surface area (Å²) in [5, 5.41) is 20.1. The maximum Gasteiger partial charge on any atom is 0.251 e. The van der Waals surface area contributed by atoms with E-state index >= 15 is 0 Å². The first-order valence-electron chi connectivity index (χ1n) is 10.4. The fourth-order valence-electron chi connectivity index (χ4n) is 3.55. The highest BCUT2D eigenvalue weighted by molar-refractivity contribution is 9.10. The van der Waals surface area contributed by atoms with Crippen molar-refractivity contribution in [2.24, 2.45) is 0 Å². The van der Waals surface area contributed by atoms with Crippen molar-refractivity contribution >= 4 is 45.1 Å². The molecule has 160 valence electrons. The lowest BCUT2D eigenvalue weighted by atomic mass is 10.1. The molecule has 9 nitrogen and oxygen atoms in total. The Hall–Kier alpha value is -2.98. The lowest BCUT2D eigenvalue weighted by Gasteiger charge is -2.13. The number of carbonyl (C=O) groups excluding carboxylic acids is 1. The standard InChI is InChI=1S/C21H23BrN8O/c22-16-11-24-21(28-19(16)27-18-9-17(29-30-18)12-4-5-12)26-14-3-1-2-13(8-14)20(31)25-15-6-7-23-10-15/h1-3,8-9,11-12,15,23H,4-7,10H2,(H,25,31)(H3,24,26,27,28,29,30)/t15-/m0/s1. The molecule has 0 spiro atoms. The Morgan fingerprint density at radius 2 is 2.06 bits per heavy atom. The lowest BCUT2D eigenvalue weighted by molar-refractivity contribution is 0.0940. The molecule has 3 aromatic rings. The van der Waals surface area contributed by atoms with E-state index in [0.29, 0.717) is 23.2 Å². The van der Waals surface area contributed by atoms with E-state index in [9.17, 15) is 4.79 Å². The monoisotopic (exact) mass is 482 g/mol. The Bertz CT molecular complexity index is 1090. The summed E-state index contributed by atoms with van der Waals surface area (Å²) >= 11 is 3.49. The third-order valence-corrected chi connectivity index (χ3v) is 5.95. The van der Waals surface area contributed by atoms with Crippen LogP contribution in [0.3, 0.4) is 0 Å². The van der Waals surface area contributed by atoms with E-state index in [1.165, 1.54) is 12.8 Å². The largest absolute Gasteiger partial charge is 0.348 e. The van der Waals surface area contributed by atoms with Crippen LogP contribution in [-0.4, -0.2) is 45.2 Å². The second-order valence-electron chi connectivity index (χ2n) is 7.86. The molecule has 1 aliphatic carbocycles. The molecule has 2 aliphatic rings. The molecule has 2 aromatic heterocycles. The highest BCUT2D eigenvalue weighted by Gasteiger charge is 2.26. The SMILES string of the molecule is O=C(N[C@H]1CCNC1)c1cccc(Nc2ncc(Br)c(Nc3cc(C4CC4)n[nH]3)n2)c1. The van der Waals surface area contributed by atoms with Crippen LogP contribution < -0.4 is 21.3 Å². The van der Waals surface area contributed by atoms with Crippen LogP contribution in [0.4, 0.5) is 23.3 Å². The predicted octanol–water partition coefficient (Wildman–Crippen LogP) is 3.42. The molecule has 2 fully saturated rings. The minimum Gasteiger partial charge on any atom is -0.348 e. The molecule has 0 bridgehead atoms. The van der Waals surface area contributed by atoms with Gasteiger partial charge in [0.25, 0.3) is 5.91 Å². The Kier molecular flexibility index (Phi) is 5.56. The van der Waals surface area contributed by atoms with Gasteiger partial charge in [-0.15, -0.1) is 0 Å². The van der Waals surface area contributed by atoms with Gasteiger partial charge in [0.2, 0.25) is 5.95 Å². The van der Waals surface area contributed by atoms with Crippen molar-refractivity contribution in [3.63, 3.8) is 0 Å². The predicted molar refractivity (Wildman–Crippen MR) is 122 cm³/mol. The van der Waals surface area contributed by atoms with Crippen LogP contribution in [0.1, 0.15) is 41.2 Å². The number of hydrogen-bond acceptors (Lipinski definition) is 7. The zero-order valence-corrected chi connectivity index (χ0v) is 18.4. The number of amides is 1.